The molecule has 0 fully saturated rings. The monoisotopic (exact) mass is 472 g/mol. The van der Waals surface area contributed by atoms with Gasteiger partial charge in [0.2, 0.25) is 5.91 Å². The van der Waals surface area contributed by atoms with E-state index in [1.54, 1.807) is 31.1 Å². The maximum atomic E-state index is 14.2. The lowest BCUT2D eigenvalue weighted by Gasteiger charge is -2.33. The summed E-state index contributed by atoms with van der Waals surface area (Å²) in [6.07, 6.45) is 0.726. The van der Waals surface area contributed by atoms with E-state index in [0.29, 0.717) is 56.1 Å². The topological polar surface area (TPSA) is 59.2 Å². The van der Waals surface area contributed by atoms with Gasteiger partial charge in [0.25, 0.3) is 0 Å². The zero-order valence-electron chi connectivity index (χ0n) is 19.5. The van der Waals surface area contributed by atoms with E-state index < -0.39 is 11.7 Å². The minimum atomic E-state index is -4.52. The lowest BCUT2D eigenvalue weighted by Crippen LogP contribution is -2.35. The van der Waals surface area contributed by atoms with Gasteiger partial charge in [-0.25, -0.2) is 0 Å². The second-order valence-corrected chi connectivity index (χ2v) is 8.94. The van der Waals surface area contributed by atoms with Gasteiger partial charge < -0.3 is 9.80 Å². The molecular weight excluding hydrogens is 445 g/mol. The molecule has 2 aliphatic rings. The fraction of sp³-hybridized carbons (Fsp3) is 0.458. The Bertz CT molecular complexity index is 1260. The van der Waals surface area contributed by atoms with Crippen molar-refractivity contribution in [3.8, 4) is 11.1 Å². The number of hydrogen-bond donors (Lipinski definition) is 0. The molecule has 0 unspecified atom stereocenters. The summed E-state index contributed by atoms with van der Waals surface area (Å²) in [7, 11) is 1.69. The van der Waals surface area contributed by atoms with E-state index in [1.165, 1.54) is 16.9 Å². The molecule has 0 saturated carbocycles. The van der Waals surface area contributed by atoms with Crippen LogP contribution in [-0.2, 0) is 43.9 Å². The third kappa shape index (κ3) is 3.74. The smallest absolute Gasteiger partial charge is 0.338 e. The van der Waals surface area contributed by atoms with Crippen LogP contribution in [0.25, 0.3) is 11.1 Å². The third-order valence-corrected chi connectivity index (χ3v) is 6.77. The van der Waals surface area contributed by atoms with Gasteiger partial charge in [-0.3, -0.25) is 14.2 Å². The number of fused-ring (bicyclic) bond motifs is 2. The van der Waals surface area contributed by atoms with Crippen molar-refractivity contribution in [3.63, 3.8) is 0 Å². The van der Waals surface area contributed by atoms with Gasteiger partial charge in [-0.05, 0) is 43.0 Å². The zero-order valence-corrected chi connectivity index (χ0v) is 19.5. The van der Waals surface area contributed by atoms with Crippen molar-refractivity contribution in [2.45, 2.75) is 52.4 Å². The predicted octanol–water partition coefficient (Wildman–Crippen LogP) is 4.31. The number of hydrogen-bond acceptors (Lipinski definition) is 4. The lowest BCUT2D eigenvalue weighted by atomic mass is 9.92. The molecule has 0 N–H and O–H groups in total. The molecule has 180 valence electrons. The average Bonchev–Trinajstić information content (AvgIpc) is 3.40. The van der Waals surface area contributed by atoms with E-state index in [-0.39, 0.29) is 11.5 Å². The molecule has 1 amide bonds. The lowest BCUT2D eigenvalue weighted by molar-refractivity contribution is -0.137. The summed E-state index contributed by atoms with van der Waals surface area (Å²) in [6, 6.07) is 2.92. The summed E-state index contributed by atoms with van der Waals surface area (Å²) in [5.74, 6) is 0.645. The van der Waals surface area contributed by atoms with Gasteiger partial charge in [-0.2, -0.15) is 23.4 Å². The molecule has 0 saturated heterocycles. The molecule has 0 spiro atoms. The molecule has 1 aromatic carbocycles. The standard InChI is InChI=1S/C24H27F3N6O/c1-4-33-21-7-9-31(15(2)34)14-19(21)23(29-33)32-8-5-6-16-10-18(17-12-28-30(3)13-17)20(11-22(16)32)24(25,26)27/h10-13H,4-9,14H2,1-3H3. The van der Waals surface area contributed by atoms with Gasteiger partial charge in [0, 0.05) is 68.7 Å². The summed E-state index contributed by atoms with van der Waals surface area (Å²) in [5.41, 5.74) is 3.29. The van der Waals surface area contributed by atoms with E-state index >= 15 is 0 Å². The van der Waals surface area contributed by atoms with Crippen molar-refractivity contribution in [2.75, 3.05) is 18.0 Å². The number of benzene rings is 1. The second-order valence-electron chi connectivity index (χ2n) is 8.94. The van der Waals surface area contributed by atoms with Crippen molar-refractivity contribution in [2.24, 2.45) is 7.05 Å². The number of carbonyl (C=O) groups excluding carboxylic acids is 1. The normalized spacial score (nSPS) is 15.9. The van der Waals surface area contributed by atoms with Crippen LogP contribution in [0.15, 0.2) is 24.5 Å². The number of alkyl halides is 3. The van der Waals surface area contributed by atoms with E-state index in [1.807, 2.05) is 16.5 Å². The van der Waals surface area contributed by atoms with Crippen LogP contribution >= 0.6 is 0 Å². The number of aromatic nitrogens is 4. The van der Waals surface area contributed by atoms with Gasteiger partial charge in [-0.1, -0.05) is 0 Å². The molecule has 3 aromatic rings. The fourth-order valence-corrected chi connectivity index (χ4v) is 5.11. The van der Waals surface area contributed by atoms with Gasteiger partial charge in [0.05, 0.1) is 18.3 Å². The first-order chi connectivity index (χ1) is 16.2. The first-order valence-corrected chi connectivity index (χ1v) is 11.5. The molecule has 2 aromatic heterocycles. The highest BCUT2D eigenvalue weighted by Crippen LogP contribution is 2.45. The Hall–Kier alpha value is -3.30. The Labute approximate surface area is 195 Å². The number of carbonyl (C=O) groups is 1. The van der Waals surface area contributed by atoms with Gasteiger partial charge in [0.1, 0.15) is 0 Å². The summed E-state index contributed by atoms with van der Waals surface area (Å²) < 4.78 is 46.0. The molecule has 34 heavy (non-hydrogen) atoms. The summed E-state index contributed by atoms with van der Waals surface area (Å²) in [4.78, 5) is 15.7. The van der Waals surface area contributed by atoms with Crippen molar-refractivity contribution < 1.29 is 18.0 Å². The number of rotatable bonds is 3. The van der Waals surface area contributed by atoms with Crippen molar-refractivity contribution in [1.29, 1.82) is 0 Å². The van der Waals surface area contributed by atoms with Crippen molar-refractivity contribution in [3.05, 3.63) is 46.9 Å². The SMILES string of the molecule is CCn1nc(N2CCCc3cc(-c4cnn(C)c4)c(C(F)(F)F)cc32)c2c1CCN(C(C)=O)C2. The van der Waals surface area contributed by atoms with E-state index in [2.05, 4.69) is 5.10 Å². The van der Waals surface area contributed by atoms with Gasteiger partial charge >= 0.3 is 6.18 Å². The fourth-order valence-electron chi connectivity index (χ4n) is 5.11. The van der Waals surface area contributed by atoms with E-state index in [4.69, 9.17) is 5.10 Å². The predicted molar refractivity (Wildman–Crippen MR) is 122 cm³/mol. The molecule has 5 rings (SSSR count). The Morgan fingerprint density at radius 2 is 1.97 bits per heavy atom. The number of aryl methyl sites for hydroxylation is 3. The van der Waals surface area contributed by atoms with Gasteiger partial charge in [-0.15, -0.1) is 0 Å². The molecule has 0 aliphatic carbocycles. The van der Waals surface area contributed by atoms with Crippen LogP contribution in [0.3, 0.4) is 0 Å². The highest BCUT2D eigenvalue weighted by Gasteiger charge is 2.37. The van der Waals surface area contributed by atoms with E-state index in [9.17, 15) is 18.0 Å². The van der Waals surface area contributed by atoms with Crippen LogP contribution in [-0.4, -0.2) is 43.5 Å². The minimum absolute atomic E-state index is 0.0136. The van der Waals surface area contributed by atoms with Crippen LogP contribution < -0.4 is 4.90 Å². The van der Waals surface area contributed by atoms with Crippen LogP contribution in [0.4, 0.5) is 24.7 Å². The molecule has 0 bridgehead atoms. The quantitative estimate of drug-likeness (QED) is 0.570. The van der Waals surface area contributed by atoms with Crippen molar-refractivity contribution >= 4 is 17.4 Å². The summed E-state index contributed by atoms with van der Waals surface area (Å²) in [6.45, 7) is 5.82. The van der Waals surface area contributed by atoms with Gasteiger partial charge in [0.15, 0.2) is 5.82 Å². The highest BCUT2D eigenvalue weighted by atomic mass is 19.4. The largest absolute Gasteiger partial charge is 0.417 e. The Morgan fingerprint density at radius 3 is 2.62 bits per heavy atom. The number of halogens is 3. The first kappa shape index (κ1) is 22.5. The Morgan fingerprint density at radius 1 is 1.18 bits per heavy atom. The molecule has 7 nitrogen and oxygen atoms in total. The Kier molecular flexibility index (Phi) is 5.41. The molecule has 10 heteroatoms. The number of anilines is 2. The second kappa shape index (κ2) is 8.18. The maximum absolute atomic E-state index is 14.2. The highest BCUT2D eigenvalue weighted by molar-refractivity contribution is 5.78. The molecule has 0 atom stereocenters. The number of nitrogens with zero attached hydrogens (tertiary/aromatic N) is 6. The average molecular weight is 473 g/mol. The van der Waals surface area contributed by atoms with Crippen LogP contribution in [0.5, 0.6) is 0 Å². The maximum Gasteiger partial charge on any atom is 0.417 e. The van der Waals surface area contributed by atoms with Crippen LogP contribution in [0, 0.1) is 0 Å². The first-order valence-electron chi connectivity index (χ1n) is 11.5. The summed E-state index contributed by atoms with van der Waals surface area (Å²) >= 11 is 0. The summed E-state index contributed by atoms with van der Waals surface area (Å²) in [5, 5.41) is 8.88. The van der Waals surface area contributed by atoms with Crippen LogP contribution in [0.2, 0.25) is 0 Å². The van der Waals surface area contributed by atoms with E-state index in [0.717, 1.165) is 23.2 Å². The third-order valence-electron chi connectivity index (χ3n) is 6.77. The zero-order chi connectivity index (χ0) is 24.2. The molecule has 4 heterocycles. The Balaban J connectivity index is 1.66. The van der Waals surface area contributed by atoms with Crippen LogP contribution in [0.1, 0.15) is 42.7 Å². The molecule has 0 radical (unpaired) electrons. The minimum Gasteiger partial charge on any atom is -0.338 e. The molecular formula is C24H27F3N6O. The van der Waals surface area contributed by atoms with Crippen molar-refractivity contribution in [1.82, 2.24) is 24.5 Å². The number of amides is 1. The molecule has 2 aliphatic heterocycles.